The second-order valence-corrected chi connectivity index (χ2v) is 5.69. The summed E-state index contributed by atoms with van der Waals surface area (Å²) in [6.07, 6.45) is 3.65. The van der Waals surface area contributed by atoms with E-state index in [2.05, 4.69) is 10.4 Å². The Labute approximate surface area is 111 Å². The van der Waals surface area contributed by atoms with Gasteiger partial charge in [0.25, 0.3) is 5.91 Å². The highest BCUT2D eigenvalue weighted by Gasteiger charge is 2.48. The van der Waals surface area contributed by atoms with Crippen LogP contribution in [0.5, 0.6) is 0 Å². The van der Waals surface area contributed by atoms with Gasteiger partial charge in [-0.2, -0.15) is 5.10 Å². The van der Waals surface area contributed by atoms with Crippen molar-refractivity contribution in [2.24, 2.45) is 5.41 Å². The highest BCUT2D eigenvalue weighted by Crippen LogP contribution is 2.40. The molecule has 2 unspecified atom stereocenters. The molecule has 100 valence electrons. The number of aliphatic hydroxyl groups excluding tert-OH is 1. The lowest BCUT2D eigenvalue weighted by Crippen LogP contribution is -2.61. The fraction of sp³-hybridized carbons (Fsp3) is 0.429. The Hall–Kier alpha value is -1.88. The van der Waals surface area contributed by atoms with Gasteiger partial charge in [0, 0.05) is 17.7 Å². The van der Waals surface area contributed by atoms with Crippen molar-refractivity contribution in [1.82, 2.24) is 14.9 Å². The Kier molecular flexibility index (Phi) is 2.60. The molecule has 2 heterocycles. The van der Waals surface area contributed by atoms with Crippen molar-refractivity contribution in [1.29, 1.82) is 0 Å². The molecule has 3 rings (SSSR count). The van der Waals surface area contributed by atoms with Gasteiger partial charge in [-0.15, -0.1) is 0 Å². The SMILES string of the molecule is CC1(C)C(O)CC1NC(=O)c1cnn2ccccc12. The smallest absolute Gasteiger partial charge is 0.255 e. The second kappa shape index (κ2) is 4.06. The van der Waals surface area contributed by atoms with Crippen LogP contribution in [0.25, 0.3) is 5.52 Å². The summed E-state index contributed by atoms with van der Waals surface area (Å²) in [7, 11) is 0. The van der Waals surface area contributed by atoms with Crippen molar-refractivity contribution in [3.8, 4) is 0 Å². The lowest BCUT2D eigenvalue weighted by Gasteiger charge is -2.49. The number of rotatable bonds is 2. The minimum atomic E-state index is -0.346. The molecule has 0 radical (unpaired) electrons. The van der Waals surface area contributed by atoms with Gasteiger partial charge in [0.05, 0.1) is 23.4 Å². The monoisotopic (exact) mass is 259 g/mol. The zero-order valence-corrected chi connectivity index (χ0v) is 11.0. The molecule has 1 aliphatic rings. The van der Waals surface area contributed by atoms with Crippen LogP contribution in [-0.2, 0) is 0 Å². The molecule has 0 spiro atoms. The van der Waals surface area contributed by atoms with Gasteiger partial charge in [-0.3, -0.25) is 4.79 Å². The third-order valence-corrected chi connectivity index (χ3v) is 4.19. The summed E-state index contributed by atoms with van der Waals surface area (Å²) in [5.74, 6) is -0.133. The van der Waals surface area contributed by atoms with Gasteiger partial charge >= 0.3 is 0 Å². The zero-order valence-electron chi connectivity index (χ0n) is 11.0. The molecule has 5 nitrogen and oxygen atoms in total. The number of nitrogens with zero attached hydrogens (tertiary/aromatic N) is 2. The molecular weight excluding hydrogens is 242 g/mol. The number of hydrogen-bond donors (Lipinski definition) is 2. The molecule has 19 heavy (non-hydrogen) atoms. The Morgan fingerprint density at radius 3 is 3.00 bits per heavy atom. The van der Waals surface area contributed by atoms with Crippen molar-refractivity contribution < 1.29 is 9.90 Å². The largest absolute Gasteiger partial charge is 0.392 e. The van der Waals surface area contributed by atoms with E-state index in [-0.39, 0.29) is 23.5 Å². The number of carbonyl (C=O) groups is 1. The molecule has 0 aromatic carbocycles. The van der Waals surface area contributed by atoms with E-state index < -0.39 is 0 Å². The number of aromatic nitrogens is 2. The highest BCUT2D eigenvalue weighted by molar-refractivity contribution is 6.00. The van der Waals surface area contributed by atoms with Crippen LogP contribution in [-0.4, -0.2) is 32.8 Å². The molecule has 0 aliphatic heterocycles. The Morgan fingerprint density at radius 2 is 2.32 bits per heavy atom. The van der Waals surface area contributed by atoms with Crippen molar-refractivity contribution in [2.75, 3.05) is 0 Å². The molecule has 1 amide bonds. The van der Waals surface area contributed by atoms with E-state index in [4.69, 9.17) is 0 Å². The van der Waals surface area contributed by atoms with Crippen LogP contribution in [0.3, 0.4) is 0 Å². The summed E-state index contributed by atoms with van der Waals surface area (Å²) >= 11 is 0. The fourth-order valence-corrected chi connectivity index (χ4v) is 2.49. The summed E-state index contributed by atoms with van der Waals surface area (Å²) in [6, 6.07) is 5.62. The molecule has 1 saturated carbocycles. The number of fused-ring (bicyclic) bond motifs is 1. The lowest BCUT2D eigenvalue weighted by atomic mass is 9.64. The van der Waals surface area contributed by atoms with Gasteiger partial charge in [-0.1, -0.05) is 19.9 Å². The Bertz CT molecular complexity index is 632. The summed E-state index contributed by atoms with van der Waals surface area (Å²) in [5.41, 5.74) is 1.09. The van der Waals surface area contributed by atoms with Crippen LogP contribution in [0.2, 0.25) is 0 Å². The molecule has 0 bridgehead atoms. The molecular formula is C14H17N3O2. The minimum absolute atomic E-state index is 0.00802. The first-order valence-corrected chi connectivity index (χ1v) is 6.41. The van der Waals surface area contributed by atoms with Crippen molar-refractivity contribution in [3.05, 3.63) is 36.2 Å². The maximum absolute atomic E-state index is 12.3. The van der Waals surface area contributed by atoms with Gasteiger partial charge < -0.3 is 10.4 Å². The van der Waals surface area contributed by atoms with Crippen molar-refractivity contribution in [2.45, 2.75) is 32.4 Å². The number of carbonyl (C=O) groups excluding carboxylic acids is 1. The molecule has 2 aromatic rings. The Morgan fingerprint density at radius 1 is 1.53 bits per heavy atom. The predicted molar refractivity (Wildman–Crippen MR) is 70.9 cm³/mol. The first-order valence-electron chi connectivity index (χ1n) is 6.41. The first-order chi connectivity index (χ1) is 9.00. The van der Waals surface area contributed by atoms with Gasteiger partial charge in [-0.25, -0.2) is 4.52 Å². The van der Waals surface area contributed by atoms with Crippen LogP contribution in [0.15, 0.2) is 30.6 Å². The van der Waals surface area contributed by atoms with Crippen LogP contribution < -0.4 is 5.32 Å². The topological polar surface area (TPSA) is 66.6 Å². The number of nitrogens with one attached hydrogen (secondary N) is 1. The minimum Gasteiger partial charge on any atom is -0.392 e. The maximum atomic E-state index is 12.3. The van der Waals surface area contributed by atoms with Gasteiger partial charge in [0.15, 0.2) is 0 Å². The summed E-state index contributed by atoms with van der Waals surface area (Å²) in [6.45, 7) is 3.92. The average Bonchev–Trinajstić information content (AvgIpc) is 2.82. The number of hydrogen-bond acceptors (Lipinski definition) is 3. The highest BCUT2D eigenvalue weighted by atomic mass is 16.3. The number of amides is 1. The summed E-state index contributed by atoms with van der Waals surface area (Å²) < 4.78 is 1.68. The zero-order chi connectivity index (χ0) is 13.6. The average molecular weight is 259 g/mol. The van der Waals surface area contributed by atoms with Gasteiger partial charge in [0.2, 0.25) is 0 Å². The fourth-order valence-electron chi connectivity index (χ4n) is 2.49. The van der Waals surface area contributed by atoms with Crippen molar-refractivity contribution >= 4 is 11.4 Å². The van der Waals surface area contributed by atoms with E-state index in [0.29, 0.717) is 12.0 Å². The van der Waals surface area contributed by atoms with Gasteiger partial charge in [0.1, 0.15) is 0 Å². The molecule has 2 atom stereocenters. The Balaban J connectivity index is 1.82. The van der Waals surface area contributed by atoms with E-state index in [1.165, 1.54) is 0 Å². The third-order valence-electron chi connectivity index (χ3n) is 4.19. The number of pyridine rings is 1. The van der Waals surface area contributed by atoms with Crippen LogP contribution in [0.4, 0.5) is 0 Å². The van der Waals surface area contributed by atoms with E-state index in [0.717, 1.165) is 5.52 Å². The molecule has 1 fully saturated rings. The number of aliphatic hydroxyl groups is 1. The van der Waals surface area contributed by atoms with E-state index in [9.17, 15) is 9.90 Å². The summed E-state index contributed by atoms with van der Waals surface area (Å²) in [4.78, 5) is 12.3. The normalized spacial score (nSPS) is 25.0. The molecule has 1 aliphatic carbocycles. The van der Waals surface area contributed by atoms with Crippen LogP contribution >= 0.6 is 0 Å². The van der Waals surface area contributed by atoms with E-state index >= 15 is 0 Å². The lowest BCUT2D eigenvalue weighted by molar-refractivity contribution is -0.0689. The predicted octanol–water partition coefficient (Wildman–Crippen LogP) is 1.22. The molecule has 2 aromatic heterocycles. The van der Waals surface area contributed by atoms with Crippen LogP contribution in [0, 0.1) is 5.41 Å². The third kappa shape index (κ3) is 1.81. The van der Waals surface area contributed by atoms with Gasteiger partial charge in [-0.05, 0) is 18.6 Å². The van der Waals surface area contributed by atoms with Crippen molar-refractivity contribution in [3.63, 3.8) is 0 Å². The standard InChI is InChI=1S/C14H17N3O2/c1-14(2)11(7-12(14)18)16-13(19)9-8-15-17-6-4-3-5-10(9)17/h3-6,8,11-12,18H,7H2,1-2H3,(H,16,19). The van der Waals surface area contributed by atoms with E-state index in [1.54, 1.807) is 10.7 Å². The van der Waals surface area contributed by atoms with Crippen LogP contribution in [0.1, 0.15) is 30.6 Å². The second-order valence-electron chi connectivity index (χ2n) is 5.69. The molecule has 2 N–H and O–H groups in total. The maximum Gasteiger partial charge on any atom is 0.255 e. The molecule has 5 heteroatoms. The quantitative estimate of drug-likeness (QED) is 0.852. The first kappa shape index (κ1) is 12.2. The summed E-state index contributed by atoms with van der Waals surface area (Å²) in [5, 5.41) is 16.8. The van der Waals surface area contributed by atoms with E-state index in [1.807, 2.05) is 38.2 Å². The molecule has 0 saturated heterocycles.